The fourth-order valence-electron chi connectivity index (χ4n) is 5.08. The van der Waals surface area contributed by atoms with Crippen molar-refractivity contribution >= 4 is 17.6 Å². The van der Waals surface area contributed by atoms with Crippen LogP contribution in [0.4, 0.5) is 5.82 Å². The SMILES string of the molecule is CC(=O)N1CCC(Nc2cc(C(=O)NC[C@@H](O)CCc3ccc(OCC4=CCC(O)=CC=C4C)cc3CN)ncn2)CC1. The molecule has 2 amide bonds. The van der Waals surface area contributed by atoms with Crippen LogP contribution in [0.2, 0.25) is 0 Å². The van der Waals surface area contributed by atoms with Crippen LogP contribution in [0.15, 0.2) is 65.7 Å². The summed E-state index contributed by atoms with van der Waals surface area (Å²) in [6.07, 6.45) is 9.25. The Labute approximate surface area is 252 Å². The van der Waals surface area contributed by atoms with Crippen LogP contribution in [-0.4, -0.2) is 75.3 Å². The van der Waals surface area contributed by atoms with Crippen molar-refractivity contribution in [3.05, 3.63) is 82.5 Å². The van der Waals surface area contributed by atoms with Gasteiger partial charge in [-0.2, -0.15) is 0 Å². The predicted molar refractivity (Wildman–Crippen MR) is 165 cm³/mol. The number of aromatic nitrogens is 2. The first-order chi connectivity index (χ1) is 20.7. The number of hydrogen-bond acceptors (Lipinski definition) is 9. The highest BCUT2D eigenvalue weighted by atomic mass is 16.5. The van der Waals surface area contributed by atoms with Gasteiger partial charge in [0.2, 0.25) is 5.91 Å². The summed E-state index contributed by atoms with van der Waals surface area (Å²) in [5.41, 5.74) is 10.2. The van der Waals surface area contributed by atoms with Crippen molar-refractivity contribution in [2.75, 3.05) is 31.6 Å². The molecule has 11 heteroatoms. The second-order valence-corrected chi connectivity index (χ2v) is 11.0. The van der Waals surface area contributed by atoms with E-state index in [-0.39, 0.29) is 30.1 Å². The van der Waals surface area contributed by atoms with Gasteiger partial charge in [0.05, 0.1) is 11.9 Å². The third-order valence-corrected chi connectivity index (χ3v) is 7.82. The van der Waals surface area contributed by atoms with Gasteiger partial charge in [-0.1, -0.05) is 18.2 Å². The Bertz CT molecular complexity index is 1380. The predicted octanol–water partition coefficient (Wildman–Crippen LogP) is 3.18. The van der Waals surface area contributed by atoms with Crippen molar-refractivity contribution in [1.82, 2.24) is 20.2 Å². The van der Waals surface area contributed by atoms with Gasteiger partial charge in [0, 0.05) is 51.6 Å². The molecule has 1 aliphatic carbocycles. The Morgan fingerprint density at radius 2 is 1.95 bits per heavy atom. The highest BCUT2D eigenvalue weighted by Crippen LogP contribution is 2.23. The number of likely N-dealkylation sites (tertiary alicyclic amines) is 1. The molecular weight excluding hydrogens is 548 g/mol. The number of nitrogens with zero attached hydrogens (tertiary/aromatic N) is 3. The highest BCUT2D eigenvalue weighted by molar-refractivity contribution is 5.92. The molecule has 1 saturated heterocycles. The molecular formula is C32H42N6O5. The molecule has 2 aromatic rings. The van der Waals surface area contributed by atoms with E-state index in [1.807, 2.05) is 42.2 Å². The lowest BCUT2D eigenvalue weighted by atomic mass is 10.0. The third kappa shape index (κ3) is 9.39. The third-order valence-electron chi connectivity index (χ3n) is 7.82. The Morgan fingerprint density at radius 1 is 1.16 bits per heavy atom. The van der Waals surface area contributed by atoms with Gasteiger partial charge in [0.25, 0.3) is 5.91 Å². The number of ether oxygens (including phenoxy) is 1. The molecule has 11 nitrogen and oxygen atoms in total. The van der Waals surface area contributed by atoms with Crippen molar-refractivity contribution in [1.29, 1.82) is 0 Å². The molecule has 4 rings (SSSR count). The maximum Gasteiger partial charge on any atom is 0.270 e. The zero-order chi connectivity index (χ0) is 30.8. The molecule has 1 aliphatic heterocycles. The summed E-state index contributed by atoms with van der Waals surface area (Å²) in [5, 5.41) is 26.4. The number of nitrogens with two attached hydrogens (primary N) is 1. The molecule has 1 aromatic carbocycles. The van der Waals surface area contributed by atoms with E-state index in [0.29, 0.717) is 62.8 Å². The van der Waals surface area contributed by atoms with Gasteiger partial charge >= 0.3 is 0 Å². The Morgan fingerprint density at radius 3 is 2.70 bits per heavy atom. The largest absolute Gasteiger partial charge is 0.512 e. The van der Waals surface area contributed by atoms with Crippen molar-refractivity contribution in [2.24, 2.45) is 5.73 Å². The van der Waals surface area contributed by atoms with Crippen molar-refractivity contribution in [3.63, 3.8) is 0 Å². The van der Waals surface area contributed by atoms with Crippen LogP contribution in [-0.2, 0) is 17.8 Å². The van der Waals surface area contributed by atoms with Crippen LogP contribution >= 0.6 is 0 Å². The van der Waals surface area contributed by atoms with E-state index in [2.05, 4.69) is 20.6 Å². The van der Waals surface area contributed by atoms with Crippen LogP contribution in [0, 0.1) is 0 Å². The molecule has 230 valence electrons. The smallest absolute Gasteiger partial charge is 0.270 e. The number of anilines is 1. The topological polar surface area (TPSA) is 163 Å². The number of amides is 2. The Hall–Kier alpha value is -4.22. The molecule has 1 aromatic heterocycles. The lowest BCUT2D eigenvalue weighted by Gasteiger charge is -2.31. The molecule has 2 aliphatic rings. The van der Waals surface area contributed by atoms with E-state index in [0.717, 1.165) is 35.1 Å². The summed E-state index contributed by atoms with van der Waals surface area (Å²) in [6, 6.07) is 7.53. The minimum absolute atomic E-state index is 0.0811. The average Bonchev–Trinajstić information content (AvgIpc) is 3.17. The van der Waals surface area contributed by atoms with Gasteiger partial charge in [-0.25, -0.2) is 9.97 Å². The van der Waals surface area contributed by atoms with Crippen LogP contribution < -0.4 is 21.1 Å². The molecule has 0 saturated carbocycles. The lowest BCUT2D eigenvalue weighted by Crippen LogP contribution is -2.41. The molecule has 0 unspecified atom stereocenters. The van der Waals surface area contributed by atoms with Gasteiger partial charge in [-0.3, -0.25) is 9.59 Å². The van der Waals surface area contributed by atoms with Crippen molar-refractivity contribution in [2.45, 2.75) is 64.6 Å². The first-order valence-corrected chi connectivity index (χ1v) is 14.7. The zero-order valence-corrected chi connectivity index (χ0v) is 24.9. The first kappa shape index (κ1) is 31.7. The lowest BCUT2D eigenvalue weighted by molar-refractivity contribution is -0.129. The van der Waals surface area contributed by atoms with E-state index < -0.39 is 6.10 Å². The van der Waals surface area contributed by atoms with Crippen molar-refractivity contribution in [3.8, 4) is 5.75 Å². The van der Waals surface area contributed by atoms with Crippen LogP contribution in [0.3, 0.4) is 0 Å². The number of carbonyl (C=O) groups excluding carboxylic acids is 2. The number of benzene rings is 1. The molecule has 0 spiro atoms. The summed E-state index contributed by atoms with van der Waals surface area (Å²) in [4.78, 5) is 34.4. The molecule has 1 fully saturated rings. The van der Waals surface area contributed by atoms with E-state index in [1.165, 1.54) is 6.33 Å². The minimum atomic E-state index is -0.752. The van der Waals surface area contributed by atoms with E-state index in [4.69, 9.17) is 10.5 Å². The number of rotatable bonds is 12. The fourth-order valence-corrected chi connectivity index (χ4v) is 5.08. The fraction of sp³-hybridized carbons (Fsp3) is 0.438. The quantitative estimate of drug-likeness (QED) is 0.250. The second-order valence-electron chi connectivity index (χ2n) is 11.0. The number of aryl methyl sites for hydroxylation is 1. The number of nitrogens with one attached hydrogen (secondary N) is 2. The standard InChI is InChI=1S/C32H42N6O5/c1-21-3-7-27(40)8-5-24(21)19-43-29-10-6-23(25(15-29)17-33)4-9-28(41)18-34-32(42)30-16-31(36-20-35-30)37-26-11-13-38(14-12-26)22(2)39/h3,5-7,10,15-16,20,26,28,40-41H,4,8-9,11-14,17-19,33H2,1-2H3,(H,34,42)(H,35,36,37)/t28-/m0/s1. The van der Waals surface area contributed by atoms with E-state index in [1.54, 1.807) is 19.1 Å². The number of aliphatic hydroxyl groups excluding tert-OH is 2. The van der Waals surface area contributed by atoms with Gasteiger partial charge in [0.15, 0.2) is 0 Å². The van der Waals surface area contributed by atoms with E-state index in [9.17, 15) is 19.8 Å². The molecule has 43 heavy (non-hydrogen) atoms. The summed E-state index contributed by atoms with van der Waals surface area (Å²) >= 11 is 0. The average molecular weight is 591 g/mol. The van der Waals surface area contributed by atoms with Gasteiger partial charge in [0.1, 0.15) is 30.2 Å². The molecule has 2 heterocycles. The van der Waals surface area contributed by atoms with Gasteiger partial charge in [-0.15, -0.1) is 0 Å². The Balaban J connectivity index is 1.22. The van der Waals surface area contributed by atoms with Crippen LogP contribution in [0.25, 0.3) is 0 Å². The van der Waals surface area contributed by atoms with Gasteiger partial charge < -0.3 is 36.2 Å². The van der Waals surface area contributed by atoms with Gasteiger partial charge in [-0.05, 0) is 73.1 Å². The molecule has 1 atom stereocenters. The maximum atomic E-state index is 12.7. The number of piperidine rings is 1. The summed E-state index contributed by atoms with van der Waals surface area (Å²) < 4.78 is 6.01. The summed E-state index contributed by atoms with van der Waals surface area (Å²) in [7, 11) is 0. The van der Waals surface area contributed by atoms with Crippen LogP contribution in [0.1, 0.15) is 61.1 Å². The zero-order valence-electron chi connectivity index (χ0n) is 24.9. The molecule has 6 N–H and O–H groups in total. The first-order valence-electron chi connectivity index (χ1n) is 14.7. The molecule has 0 radical (unpaired) electrons. The summed E-state index contributed by atoms with van der Waals surface area (Å²) in [6.45, 7) is 5.74. The number of hydrogen-bond donors (Lipinski definition) is 5. The maximum absolute atomic E-state index is 12.7. The normalized spacial score (nSPS) is 16.4. The summed E-state index contributed by atoms with van der Waals surface area (Å²) in [5.74, 6) is 1.27. The molecule has 0 bridgehead atoms. The monoisotopic (exact) mass is 590 g/mol. The van der Waals surface area contributed by atoms with Crippen LogP contribution in [0.5, 0.6) is 5.75 Å². The minimum Gasteiger partial charge on any atom is -0.512 e. The van der Waals surface area contributed by atoms with Crippen molar-refractivity contribution < 1.29 is 24.5 Å². The number of carbonyl (C=O) groups is 2. The highest BCUT2D eigenvalue weighted by Gasteiger charge is 2.21. The number of allylic oxidation sites excluding steroid dienone is 3. The number of aliphatic hydroxyl groups is 2. The Kier molecular flexibility index (Phi) is 11.3. The second kappa shape index (κ2) is 15.3. The van der Waals surface area contributed by atoms with E-state index >= 15 is 0 Å².